The molecule has 0 unspecified atom stereocenters. The molecule has 1 N–H and O–H groups in total. The van der Waals surface area contributed by atoms with E-state index in [2.05, 4.69) is 5.32 Å². The lowest BCUT2D eigenvalue weighted by Gasteiger charge is -2.14. The molecule has 5 nitrogen and oxygen atoms in total. The van der Waals surface area contributed by atoms with E-state index >= 15 is 0 Å². The van der Waals surface area contributed by atoms with Crippen molar-refractivity contribution >= 4 is 17.4 Å². The van der Waals surface area contributed by atoms with Crippen molar-refractivity contribution in [3.05, 3.63) is 71.4 Å². The summed E-state index contributed by atoms with van der Waals surface area (Å²) in [6, 6.07) is 9.81. The molecule has 0 aromatic heterocycles. The van der Waals surface area contributed by atoms with Gasteiger partial charge >= 0.3 is 6.18 Å². The van der Waals surface area contributed by atoms with Gasteiger partial charge in [-0.1, -0.05) is 6.07 Å². The fourth-order valence-electron chi connectivity index (χ4n) is 2.04. The van der Waals surface area contributed by atoms with E-state index in [9.17, 15) is 27.9 Å². The van der Waals surface area contributed by atoms with Crippen molar-refractivity contribution in [2.45, 2.75) is 6.18 Å². The number of carboxylic acid groups (broad SMARTS) is 1. The van der Waals surface area contributed by atoms with Gasteiger partial charge in [-0.3, -0.25) is 4.79 Å². The van der Waals surface area contributed by atoms with Crippen LogP contribution in [-0.2, 0) is 11.0 Å². The first kappa shape index (κ1) is 19.0. The van der Waals surface area contributed by atoms with Crippen molar-refractivity contribution in [3.8, 4) is 5.75 Å². The number of hydrogen-bond donors (Lipinski definition) is 1. The molecule has 0 bridgehead atoms. The fraction of sp³-hybridized carbons (Fsp3) is 0.111. The van der Waals surface area contributed by atoms with Gasteiger partial charge in [0.15, 0.2) is 5.78 Å². The van der Waals surface area contributed by atoms with E-state index in [1.165, 1.54) is 37.4 Å². The van der Waals surface area contributed by atoms with Gasteiger partial charge < -0.3 is 20.0 Å². The quantitative estimate of drug-likeness (QED) is 0.630. The van der Waals surface area contributed by atoms with Crippen LogP contribution in [0.15, 0.2) is 60.3 Å². The number of rotatable bonds is 6. The van der Waals surface area contributed by atoms with Crippen LogP contribution in [0.5, 0.6) is 5.75 Å². The van der Waals surface area contributed by atoms with Gasteiger partial charge in [0.25, 0.3) is 0 Å². The smallest absolute Gasteiger partial charge is 0.416 e. The van der Waals surface area contributed by atoms with Gasteiger partial charge in [-0.25, -0.2) is 0 Å². The molecule has 26 heavy (non-hydrogen) atoms. The number of carbonyl (C=O) groups excluding carboxylic acids is 2. The Labute approximate surface area is 146 Å². The molecule has 0 radical (unpaired) electrons. The minimum absolute atomic E-state index is 0.141. The third kappa shape index (κ3) is 4.85. The maximum absolute atomic E-state index is 12.7. The average Bonchev–Trinajstić information content (AvgIpc) is 2.60. The Morgan fingerprint density at radius 3 is 2.31 bits per heavy atom. The summed E-state index contributed by atoms with van der Waals surface area (Å²) < 4.78 is 43.1. The number of ether oxygens (including phenoxy) is 1. The fourth-order valence-corrected chi connectivity index (χ4v) is 2.04. The standard InChI is InChI=1S/C18H14F3NO4/c1-26-14-7-5-11(6-8-14)16(23)10-15(17(24)25)22-13-4-2-3-12(9-13)18(19,20)21/h2-10,22H,1H3,(H,24,25)/p-1/b15-10+. The predicted octanol–water partition coefficient (Wildman–Crippen LogP) is 2.64. The molecule has 2 aromatic carbocycles. The van der Waals surface area contributed by atoms with Crippen LogP contribution in [0, 0.1) is 0 Å². The molecule has 136 valence electrons. The molecule has 0 aliphatic carbocycles. The number of halogens is 3. The van der Waals surface area contributed by atoms with Crippen LogP contribution in [-0.4, -0.2) is 18.9 Å². The highest BCUT2D eigenvalue weighted by atomic mass is 19.4. The molecule has 2 aromatic rings. The molecule has 0 amide bonds. The summed E-state index contributed by atoms with van der Waals surface area (Å²) in [4.78, 5) is 23.4. The minimum Gasteiger partial charge on any atom is -0.543 e. The second-order valence-electron chi connectivity index (χ2n) is 5.14. The van der Waals surface area contributed by atoms with E-state index in [-0.39, 0.29) is 11.3 Å². The zero-order valence-electron chi connectivity index (χ0n) is 13.5. The second-order valence-corrected chi connectivity index (χ2v) is 5.14. The molecule has 0 spiro atoms. The van der Waals surface area contributed by atoms with Crippen molar-refractivity contribution in [2.75, 3.05) is 12.4 Å². The molecule has 0 aliphatic heterocycles. The van der Waals surface area contributed by atoms with Gasteiger partial charge in [0, 0.05) is 17.3 Å². The van der Waals surface area contributed by atoms with Gasteiger partial charge in [-0.05, 0) is 42.5 Å². The minimum atomic E-state index is -4.58. The van der Waals surface area contributed by atoms with Crippen LogP contribution < -0.4 is 15.2 Å². The molecule has 2 rings (SSSR count). The lowest BCUT2D eigenvalue weighted by atomic mass is 10.1. The zero-order valence-corrected chi connectivity index (χ0v) is 13.5. The van der Waals surface area contributed by atoms with Crippen molar-refractivity contribution in [3.63, 3.8) is 0 Å². The second kappa shape index (κ2) is 7.73. The number of carbonyl (C=O) groups is 2. The Bertz CT molecular complexity index is 842. The number of methoxy groups -OCH3 is 1. The van der Waals surface area contributed by atoms with Gasteiger partial charge in [0.05, 0.1) is 24.3 Å². The highest BCUT2D eigenvalue weighted by molar-refractivity contribution is 6.09. The van der Waals surface area contributed by atoms with Crippen molar-refractivity contribution in [1.82, 2.24) is 0 Å². The Morgan fingerprint density at radius 2 is 1.77 bits per heavy atom. The predicted molar refractivity (Wildman–Crippen MR) is 85.5 cm³/mol. The van der Waals surface area contributed by atoms with E-state index in [1.807, 2.05) is 0 Å². The summed E-state index contributed by atoms with van der Waals surface area (Å²) in [5.74, 6) is -1.89. The van der Waals surface area contributed by atoms with Crippen molar-refractivity contribution in [1.29, 1.82) is 0 Å². The molecule has 0 atom stereocenters. The molecular formula is C18H13F3NO4-. The Hall–Kier alpha value is -3.29. The summed E-state index contributed by atoms with van der Waals surface area (Å²) in [6.07, 6.45) is -3.83. The van der Waals surface area contributed by atoms with Crippen molar-refractivity contribution < 1.29 is 32.6 Å². The van der Waals surface area contributed by atoms with Crippen LogP contribution in [0.3, 0.4) is 0 Å². The number of carboxylic acids is 1. The Kier molecular flexibility index (Phi) is 5.66. The Morgan fingerprint density at radius 1 is 1.12 bits per heavy atom. The number of nitrogens with one attached hydrogen (secondary N) is 1. The highest BCUT2D eigenvalue weighted by Gasteiger charge is 2.30. The van der Waals surface area contributed by atoms with E-state index < -0.39 is 29.2 Å². The summed E-state index contributed by atoms with van der Waals surface area (Å²) in [7, 11) is 1.45. The van der Waals surface area contributed by atoms with Crippen LogP contribution in [0.2, 0.25) is 0 Å². The third-order valence-corrected chi connectivity index (χ3v) is 3.34. The number of benzene rings is 2. The van der Waals surface area contributed by atoms with E-state index in [1.54, 1.807) is 0 Å². The molecule has 0 saturated carbocycles. The van der Waals surface area contributed by atoms with Crippen LogP contribution >= 0.6 is 0 Å². The maximum atomic E-state index is 12.7. The molecule has 0 heterocycles. The number of anilines is 1. The van der Waals surface area contributed by atoms with Gasteiger partial charge in [-0.15, -0.1) is 0 Å². The van der Waals surface area contributed by atoms with Gasteiger partial charge in [0.1, 0.15) is 5.75 Å². The van der Waals surface area contributed by atoms with E-state index in [0.717, 1.165) is 24.3 Å². The molecule has 0 aliphatic rings. The van der Waals surface area contributed by atoms with Crippen LogP contribution in [0.4, 0.5) is 18.9 Å². The van der Waals surface area contributed by atoms with Crippen LogP contribution in [0.1, 0.15) is 15.9 Å². The number of alkyl halides is 3. The first-order valence-corrected chi connectivity index (χ1v) is 7.26. The largest absolute Gasteiger partial charge is 0.543 e. The average molecular weight is 364 g/mol. The summed E-state index contributed by atoms with van der Waals surface area (Å²) in [5, 5.41) is 13.5. The molecule has 8 heteroatoms. The lowest BCUT2D eigenvalue weighted by Crippen LogP contribution is -2.29. The summed E-state index contributed by atoms with van der Waals surface area (Å²) in [6.45, 7) is 0. The highest BCUT2D eigenvalue weighted by Crippen LogP contribution is 2.30. The molecule has 0 saturated heterocycles. The maximum Gasteiger partial charge on any atom is 0.416 e. The number of ketones is 1. The third-order valence-electron chi connectivity index (χ3n) is 3.34. The summed E-state index contributed by atoms with van der Waals surface area (Å²) >= 11 is 0. The van der Waals surface area contributed by atoms with Gasteiger partial charge in [-0.2, -0.15) is 13.2 Å². The normalized spacial score (nSPS) is 11.8. The van der Waals surface area contributed by atoms with Crippen molar-refractivity contribution in [2.24, 2.45) is 0 Å². The monoisotopic (exact) mass is 364 g/mol. The van der Waals surface area contributed by atoms with Gasteiger partial charge in [0.2, 0.25) is 0 Å². The number of hydrogen-bond acceptors (Lipinski definition) is 5. The summed E-state index contributed by atoms with van der Waals surface area (Å²) in [5.41, 5.74) is -1.58. The number of allylic oxidation sites excluding steroid dienone is 1. The first-order chi connectivity index (χ1) is 12.2. The molecular weight excluding hydrogens is 351 g/mol. The van der Waals surface area contributed by atoms with Crippen LogP contribution in [0.25, 0.3) is 0 Å². The SMILES string of the molecule is COc1ccc(C(=O)/C=C(/Nc2cccc(C(F)(F)F)c2)C(=O)[O-])cc1. The zero-order chi connectivity index (χ0) is 19.3. The Balaban J connectivity index is 2.26. The van der Waals surface area contributed by atoms with E-state index in [4.69, 9.17) is 4.74 Å². The first-order valence-electron chi connectivity index (χ1n) is 7.26. The topological polar surface area (TPSA) is 78.5 Å². The number of aliphatic carboxylic acids is 1. The lowest BCUT2D eigenvalue weighted by molar-refractivity contribution is -0.299. The van der Waals surface area contributed by atoms with E-state index in [0.29, 0.717) is 5.75 Å². The molecule has 0 fully saturated rings.